The molecule has 0 N–H and O–H groups in total. The lowest BCUT2D eigenvalue weighted by Crippen LogP contribution is -2.68. The quantitative estimate of drug-likeness (QED) is 0.444. The zero-order valence-electron chi connectivity index (χ0n) is 13.2. The fourth-order valence-electron chi connectivity index (χ4n) is 2.85. The molecule has 0 fully saturated rings. The Morgan fingerprint density at radius 3 is 1.84 bits per heavy atom. The van der Waals surface area contributed by atoms with Crippen molar-refractivity contribution in [2.45, 2.75) is 12.8 Å². The van der Waals surface area contributed by atoms with Gasteiger partial charge in [-0.15, -0.1) is 10.2 Å². The first kappa shape index (κ1) is 17.5. The maximum Gasteiger partial charge on any atom is 0.360 e. The number of fused-ring (bicyclic) bond motifs is 2. The molecule has 5 nitrogen and oxygen atoms in total. The molecule has 2 aromatic carbocycles. The standard InChI is InChI=1S/C19H15O.ClHO4/c1-2-6-14(7-3-1)18-11-10-17-12-15-8-4-5-9-16(15)13-19(17)20-18;2-1(3,4)5/h1-11H,12-13H2;(H,2,3,4,5)/q+1;/p-1. The molecule has 0 unspecified atom stereocenters. The number of halogens is 1. The van der Waals surface area contributed by atoms with E-state index in [1.807, 2.05) is 18.2 Å². The first-order chi connectivity index (χ1) is 11.9. The molecule has 4 rings (SSSR count). The molecule has 0 saturated heterocycles. The average molecular weight is 359 g/mol. The predicted molar refractivity (Wildman–Crippen MR) is 80.6 cm³/mol. The molecule has 0 amide bonds. The Labute approximate surface area is 147 Å². The third kappa shape index (κ3) is 4.85. The van der Waals surface area contributed by atoms with Crippen molar-refractivity contribution in [3.8, 4) is 11.3 Å². The van der Waals surface area contributed by atoms with Gasteiger partial charge in [-0.25, -0.2) is 23.1 Å². The Kier molecular flexibility index (Phi) is 5.13. The smallest absolute Gasteiger partial charge is 0.222 e. The fourth-order valence-corrected chi connectivity index (χ4v) is 2.85. The van der Waals surface area contributed by atoms with Crippen LogP contribution in [-0.4, -0.2) is 0 Å². The summed E-state index contributed by atoms with van der Waals surface area (Å²) in [6.07, 6.45) is 1.87. The van der Waals surface area contributed by atoms with Crippen molar-refractivity contribution in [2.24, 2.45) is 0 Å². The van der Waals surface area contributed by atoms with Crippen LogP contribution in [0.1, 0.15) is 22.5 Å². The van der Waals surface area contributed by atoms with Gasteiger partial charge >= 0.3 is 11.5 Å². The topological polar surface area (TPSA) is 104 Å². The van der Waals surface area contributed by atoms with Crippen LogP contribution >= 0.6 is 0 Å². The minimum Gasteiger partial charge on any atom is -0.222 e. The van der Waals surface area contributed by atoms with Gasteiger partial charge in [0, 0.05) is 12.5 Å². The van der Waals surface area contributed by atoms with E-state index in [1.165, 1.54) is 16.7 Å². The Morgan fingerprint density at radius 1 is 0.640 bits per heavy atom. The van der Waals surface area contributed by atoms with Gasteiger partial charge in [-0.2, -0.15) is 0 Å². The van der Waals surface area contributed by atoms with Crippen molar-refractivity contribution in [3.05, 3.63) is 89.2 Å². The van der Waals surface area contributed by atoms with E-state index in [4.69, 9.17) is 23.1 Å². The normalized spacial score (nSPS) is 12.5. The Morgan fingerprint density at radius 2 is 1.20 bits per heavy atom. The zero-order valence-corrected chi connectivity index (χ0v) is 13.9. The van der Waals surface area contributed by atoms with E-state index in [2.05, 4.69) is 48.5 Å². The fraction of sp³-hybridized carbons (Fsp3) is 0.105. The average Bonchev–Trinajstić information content (AvgIpc) is 2.59. The molecule has 0 bridgehead atoms. The maximum atomic E-state index is 8.49. The van der Waals surface area contributed by atoms with Crippen molar-refractivity contribution in [2.75, 3.05) is 0 Å². The van der Waals surface area contributed by atoms with Gasteiger partial charge in [-0.05, 0) is 29.3 Å². The summed E-state index contributed by atoms with van der Waals surface area (Å²) in [5.74, 6) is 2.05. The van der Waals surface area contributed by atoms with Gasteiger partial charge in [0.25, 0.3) is 0 Å². The molecule has 0 spiro atoms. The summed E-state index contributed by atoms with van der Waals surface area (Å²) in [5, 5.41) is 0. The van der Waals surface area contributed by atoms with Gasteiger partial charge in [0.1, 0.15) is 0 Å². The summed E-state index contributed by atoms with van der Waals surface area (Å²) in [6, 6.07) is 23.2. The van der Waals surface area contributed by atoms with Gasteiger partial charge in [-0.3, -0.25) is 0 Å². The molecular weight excluding hydrogens is 344 g/mol. The van der Waals surface area contributed by atoms with E-state index < -0.39 is 10.2 Å². The lowest BCUT2D eigenvalue weighted by Gasteiger charge is -2.17. The summed E-state index contributed by atoms with van der Waals surface area (Å²) in [5.41, 5.74) is 5.24. The first-order valence-electron chi connectivity index (χ1n) is 7.59. The first-order valence-corrected chi connectivity index (χ1v) is 8.82. The van der Waals surface area contributed by atoms with Gasteiger partial charge in [0.05, 0.1) is 17.5 Å². The Bertz CT molecular complexity index is 853. The second-order valence-electron chi connectivity index (χ2n) is 5.61. The Balaban J connectivity index is 0.000000324. The van der Waals surface area contributed by atoms with Crippen molar-refractivity contribution in [3.63, 3.8) is 0 Å². The van der Waals surface area contributed by atoms with Gasteiger partial charge in [-0.1, -0.05) is 42.5 Å². The van der Waals surface area contributed by atoms with E-state index in [1.54, 1.807) is 0 Å². The number of hydrogen-bond acceptors (Lipinski definition) is 4. The third-order valence-corrected chi connectivity index (χ3v) is 3.94. The largest absolute Gasteiger partial charge is 0.360 e. The van der Waals surface area contributed by atoms with Crippen molar-refractivity contribution in [1.29, 1.82) is 0 Å². The van der Waals surface area contributed by atoms with Crippen LogP contribution in [0, 0.1) is 10.2 Å². The van der Waals surface area contributed by atoms with Crippen molar-refractivity contribution >= 4 is 0 Å². The highest BCUT2D eigenvalue weighted by atomic mass is 35.7. The van der Waals surface area contributed by atoms with Crippen LogP contribution < -0.4 is 18.6 Å². The van der Waals surface area contributed by atoms with Gasteiger partial charge in [0.15, 0.2) is 0 Å². The highest BCUT2D eigenvalue weighted by Gasteiger charge is 2.26. The van der Waals surface area contributed by atoms with Crippen molar-refractivity contribution in [1.82, 2.24) is 0 Å². The number of benzene rings is 2. The molecule has 1 aliphatic rings. The molecule has 3 aromatic rings. The molecule has 1 aromatic heterocycles. The highest BCUT2D eigenvalue weighted by molar-refractivity contribution is 5.57. The molecular formula is C19H15ClO5. The molecule has 1 aliphatic carbocycles. The third-order valence-electron chi connectivity index (χ3n) is 3.94. The van der Waals surface area contributed by atoms with Gasteiger partial charge < -0.3 is 0 Å². The molecule has 0 aliphatic heterocycles. The number of hydrogen-bond donors (Lipinski definition) is 0. The van der Waals surface area contributed by atoms with E-state index in [-0.39, 0.29) is 0 Å². The summed E-state index contributed by atoms with van der Waals surface area (Å²) < 4.78 is 40.1. The van der Waals surface area contributed by atoms with Crippen LogP contribution in [0.5, 0.6) is 0 Å². The van der Waals surface area contributed by atoms with E-state index in [0.717, 1.165) is 29.9 Å². The lowest BCUT2D eigenvalue weighted by atomic mass is 9.90. The summed E-state index contributed by atoms with van der Waals surface area (Å²) in [4.78, 5) is 0. The Hall–Kier alpha value is -2.28. The summed E-state index contributed by atoms with van der Waals surface area (Å²) in [7, 11) is -4.94. The highest BCUT2D eigenvalue weighted by Crippen LogP contribution is 2.30. The molecule has 25 heavy (non-hydrogen) atoms. The van der Waals surface area contributed by atoms with Crippen LogP contribution in [0.25, 0.3) is 11.3 Å². The molecule has 0 saturated carbocycles. The van der Waals surface area contributed by atoms with E-state index in [0.29, 0.717) is 0 Å². The molecule has 1 heterocycles. The monoisotopic (exact) mass is 358 g/mol. The molecule has 0 radical (unpaired) electrons. The second-order valence-corrected chi connectivity index (χ2v) is 6.37. The zero-order chi connectivity index (χ0) is 17.9. The van der Waals surface area contributed by atoms with E-state index >= 15 is 0 Å². The minimum absolute atomic E-state index is 0.895. The predicted octanol–water partition coefficient (Wildman–Crippen LogP) is -0.0333. The molecule has 128 valence electrons. The number of rotatable bonds is 1. The molecule has 6 heteroatoms. The lowest BCUT2D eigenvalue weighted by molar-refractivity contribution is -2.00. The summed E-state index contributed by atoms with van der Waals surface area (Å²) >= 11 is 0. The SMILES string of the molecule is [O-][Cl+3]([O-])([O-])[O-].c1ccc(-c2ccc3c([o+]2)Cc2ccccc2C3)cc1. The molecule has 0 atom stereocenters. The van der Waals surface area contributed by atoms with Crippen LogP contribution in [0.2, 0.25) is 0 Å². The van der Waals surface area contributed by atoms with Crippen LogP contribution in [-0.2, 0) is 12.8 Å². The van der Waals surface area contributed by atoms with Crippen molar-refractivity contribution < 1.29 is 33.3 Å². The van der Waals surface area contributed by atoms with Gasteiger partial charge in [0.2, 0.25) is 0 Å². The van der Waals surface area contributed by atoms with E-state index in [9.17, 15) is 0 Å². The minimum atomic E-state index is -4.94. The maximum absolute atomic E-state index is 8.49. The van der Waals surface area contributed by atoms with Crippen LogP contribution in [0.3, 0.4) is 0 Å². The van der Waals surface area contributed by atoms with Crippen LogP contribution in [0.4, 0.5) is 0 Å². The second kappa shape index (κ2) is 7.31. The van der Waals surface area contributed by atoms with Crippen LogP contribution in [0.15, 0.2) is 71.1 Å². The summed E-state index contributed by atoms with van der Waals surface area (Å²) in [6.45, 7) is 0.